The number of hydrogen-bond donors (Lipinski definition) is 1. The van der Waals surface area contributed by atoms with Crippen LogP contribution in [0.2, 0.25) is 0 Å². The van der Waals surface area contributed by atoms with Gasteiger partial charge in [0.25, 0.3) is 0 Å². The highest BCUT2D eigenvalue weighted by molar-refractivity contribution is 7.99. The van der Waals surface area contributed by atoms with E-state index in [0.29, 0.717) is 0 Å². The summed E-state index contributed by atoms with van der Waals surface area (Å²) in [6, 6.07) is 4.17. The Labute approximate surface area is 129 Å². The van der Waals surface area contributed by atoms with Gasteiger partial charge in [-0.2, -0.15) is 0 Å². The van der Waals surface area contributed by atoms with Gasteiger partial charge < -0.3 is 5.32 Å². The lowest BCUT2D eigenvalue weighted by molar-refractivity contribution is 0.563. The van der Waals surface area contributed by atoms with Gasteiger partial charge in [-0.1, -0.05) is 39.0 Å². The molecule has 1 aromatic heterocycles. The van der Waals surface area contributed by atoms with Crippen molar-refractivity contribution < 1.29 is 0 Å². The number of thioether (sulfide) groups is 1. The number of nitrogens with one attached hydrogen (secondary N) is 1. The van der Waals surface area contributed by atoms with E-state index >= 15 is 0 Å². The third-order valence-electron chi connectivity index (χ3n) is 3.37. The molecule has 0 saturated carbocycles. The molecule has 1 aromatic rings. The molecule has 0 aromatic carbocycles. The van der Waals surface area contributed by atoms with Crippen LogP contribution in [0.25, 0.3) is 0 Å². The van der Waals surface area contributed by atoms with E-state index in [1.54, 1.807) is 0 Å². The van der Waals surface area contributed by atoms with Crippen molar-refractivity contribution in [1.82, 2.24) is 10.3 Å². The minimum atomic E-state index is 1.17. The molecule has 3 heteroatoms. The van der Waals surface area contributed by atoms with Crippen LogP contribution in [0.15, 0.2) is 29.4 Å². The average molecular weight is 295 g/mol. The van der Waals surface area contributed by atoms with E-state index in [9.17, 15) is 0 Å². The smallest absolute Gasteiger partial charge is 0.0278 e. The second kappa shape index (κ2) is 13.4. The van der Waals surface area contributed by atoms with Gasteiger partial charge in [-0.15, -0.1) is 11.8 Å². The largest absolute Gasteiger partial charge is 0.317 e. The molecule has 20 heavy (non-hydrogen) atoms. The Morgan fingerprint density at radius 3 is 2.30 bits per heavy atom. The average Bonchev–Trinajstić information content (AvgIpc) is 2.49. The maximum absolute atomic E-state index is 4.03. The van der Waals surface area contributed by atoms with Gasteiger partial charge in [-0.3, -0.25) is 4.98 Å². The minimum absolute atomic E-state index is 1.17. The van der Waals surface area contributed by atoms with Gasteiger partial charge in [0.15, 0.2) is 0 Å². The van der Waals surface area contributed by atoms with E-state index in [2.05, 4.69) is 29.4 Å². The normalized spacial score (nSPS) is 10.8. The number of rotatable bonds is 13. The molecule has 0 saturated heterocycles. The summed E-state index contributed by atoms with van der Waals surface area (Å²) in [7, 11) is 0. The van der Waals surface area contributed by atoms with Crippen LogP contribution in [0.1, 0.15) is 58.3 Å². The highest BCUT2D eigenvalue weighted by Gasteiger charge is 1.94. The Balaban J connectivity index is 1.77. The minimum Gasteiger partial charge on any atom is -0.317 e. The summed E-state index contributed by atoms with van der Waals surface area (Å²) in [5.74, 6) is 1.21. The zero-order valence-electron chi connectivity index (χ0n) is 12.9. The molecule has 0 atom stereocenters. The fourth-order valence-corrected chi connectivity index (χ4v) is 3.03. The fourth-order valence-electron chi connectivity index (χ4n) is 2.13. The molecule has 114 valence electrons. The molecule has 1 heterocycles. The fraction of sp³-hybridized carbons (Fsp3) is 0.706. The molecule has 1 rings (SSSR count). The van der Waals surface area contributed by atoms with Crippen LogP contribution in [0.3, 0.4) is 0 Å². The highest BCUT2D eigenvalue weighted by Crippen LogP contribution is 2.17. The first-order valence-corrected chi connectivity index (χ1v) is 9.15. The summed E-state index contributed by atoms with van der Waals surface area (Å²) < 4.78 is 0. The quantitative estimate of drug-likeness (QED) is 0.413. The van der Waals surface area contributed by atoms with Gasteiger partial charge in [0.05, 0.1) is 0 Å². The van der Waals surface area contributed by atoms with Gasteiger partial charge in [-0.05, 0) is 50.2 Å². The predicted molar refractivity (Wildman–Crippen MR) is 90.4 cm³/mol. The SMILES string of the molecule is CCCCCCCCNCCCCSc1ccncc1. The molecule has 0 amide bonds. The third-order valence-corrected chi connectivity index (χ3v) is 4.47. The molecule has 0 fully saturated rings. The summed E-state index contributed by atoms with van der Waals surface area (Å²) >= 11 is 1.93. The zero-order valence-corrected chi connectivity index (χ0v) is 13.8. The Hall–Kier alpha value is -0.540. The van der Waals surface area contributed by atoms with Crippen LogP contribution in [-0.2, 0) is 0 Å². The van der Waals surface area contributed by atoms with Crippen molar-refractivity contribution in [1.29, 1.82) is 0 Å². The molecule has 0 aliphatic carbocycles. The molecule has 0 aliphatic rings. The van der Waals surface area contributed by atoms with Crippen molar-refractivity contribution >= 4 is 11.8 Å². The zero-order chi connectivity index (χ0) is 14.3. The second-order valence-corrected chi connectivity index (χ2v) is 6.42. The van der Waals surface area contributed by atoms with E-state index in [1.165, 1.54) is 75.1 Å². The Bertz CT molecular complexity index is 303. The van der Waals surface area contributed by atoms with E-state index < -0.39 is 0 Å². The Kier molecular flexibility index (Phi) is 11.8. The van der Waals surface area contributed by atoms with Crippen LogP contribution in [0.4, 0.5) is 0 Å². The Morgan fingerprint density at radius 2 is 1.55 bits per heavy atom. The first-order chi connectivity index (χ1) is 9.93. The number of hydrogen-bond acceptors (Lipinski definition) is 3. The van der Waals surface area contributed by atoms with Gasteiger partial charge in [0.1, 0.15) is 0 Å². The first kappa shape index (κ1) is 17.5. The third kappa shape index (κ3) is 10.3. The molecule has 1 N–H and O–H groups in total. The number of pyridine rings is 1. The molecule has 0 unspecified atom stereocenters. The van der Waals surface area contributed by atoms with Crippen LogP contribution < -0.4 is 5.32 Å². The van der Waals surface area contributed by atoms with Crippen molar-refractivity contribution in [2.75, 3.05) is 18.8 Å². The van der Waals surface area contributed by atoms with E-state index in [1.807, 2.05) is 24.2 Å². The highest BCUT2D eigenvalue weighted by atomic mass is 32.2. The summed E-state index contributed by atoms with van der Waals surface area (Å²) in [5.41, 5.74) is 0. The molecular formula is C17H30N2S. The molecule has 0 radical (unpaired) electrons. The van der Waals surface area contributed by atoms with Crippen molar-refractivity contribution in [2.24, 2.45) is 0 Å². The maximum atomic E-state index is 4.03. The number of unbranched alkanes of at least 4 members (excludes halogenated alkanes) is 6. The predicted octanol–water partition coefficient (Wildman–Crippen LogP) is 4.90. The number of aromatic nitrogens is 1. The lowest BCUT2D eigenvalue weighted by atomic mass is 10.1. The van der Waals surface area contributed by atoms with Crippen molar-refractivity contribution in [3.05, 3.63) is 24.5 Å². The molecular weight excluding hydrogens is 264 g/mol. The van der Waals surface area contributed by atoms with E-state index in [4.69, 9.17) is 0 Å². The number of nitrogens with zero attached hydrogens (tertiary/aromatic N) is 1. The van der Waals surface area contributed by atoms with E-state index in [-0.39, 0.29) is 0 Å². The monoisotopic (exact) mass is 294 g/mol. The summed E-state index contributed by atoms with van der Waals surface area (Å²) in [6.45, 7) is 4.64. The maximum Gasteiger partial charge on any atom is 0.0278 e. The van der Waals surface area contributed by atoms with Crippen molar-refractivity contribution in [3.63, 3.8) is 0 Å². The lowest BCUT2D eigenvalue weighted by Crippen LogP contribution is -2.16. The van der Waals surface area contributed by atoms with Crippen molar-refractivity contribution in [3.8, 4) is 0 Å². The van der Waals surface area contributed by atoms with Crippen molar-refractivity contribution in [2.45, 2.75) is 63.2 Å². The molecule has 0 spiro atoms. The van der Waals surface area contributed by atoms with E-state index in [0.717, 1.165) is 0 Å². The van der Waals surface area contributed by atoms with Crippen LogP contribution in [-0.4, -0.2) is 23.8 Å². The summed E-state index contributed by atoms with van der Waals surface area (Å²) in [4.78, 5) is 5.36. The second-order valence-electron chi connectivity index (χ2n) is 5.26. The summed E-state index contributed by atoms with van der Waals surface area (Å²) in [5, 5.41) is 3.56. The van der Waals surface area contributed by atoms with Crippen LogP contribution in [0, 0.1) is 0 Å². The Morgan fingerprint density at radius 1 is 0.900 bits per heavy atom. The lowest BCUT2D eigenvalue weighted by Gasteiger charge is -2.05. The topological polar surface area (TPSA) is 24.9 Å². The van der Waals surface area contributed by atoms with Crippen LogP contribution in [0.5, 0.6) is 0 Å². The molecule has 0 aliphatic heterocycles. The first-order valence-electron chi connectivity index (χ1n) is 8.17. The molecule has 0 bridgehead atoms. The molecule has 2 nitrogen and oxygen atoms in total. The van der Waals surface area contributed by atoms with Gasteiger partial charge in [0.2, 0.25) is 0 Å². The summed E-state index contributed by atoms with van der Waals surface area (Å²) in [6.07, 6.45) is 14.6. The van der Waals surface area contributed by atoms with Gasteiger partial charge in [-0.25, -0.2) is 0 Å². The van der Waals surface area contributed by atoms with Crippen LogP contribution >= 0.6 is 11.8 Å². The van der Waals surface area contributed by atoms with Gasteiger partial charge in [0, 0.05) is 17.3 Å². The van der Waals surface area contributed by atoms with Gasteiger partial charge >= 0.3 is 0 Å². The standard InChI is InChI=1S/C17H30N2S/c1-2-3-4-5-6-7-12-18-13-8-9-16-20-17-10-14-19-15-11-17/h10-11,14-15,18H,2-9,12-13,16H2,1H3.